The fourth-order valence-electron chi connectivity index (χ4n) is 2.68. The highest BCUT2D eigenvalue weighted by Gasteiger charge is 2.06. The minimum absolute atomic E-state index is 0.219. The maximum absolute atomic E-state index is 12.9. The van der Waals surface area contributed by atoms with Gasteiger partial charge in [0.2, 0.25) is 0 Å². The molecule has 124 valence electrons. The van der Waals surface area contributed by atoms with Crippen molar-refractivity contribution in [3.63, 3.8) is 0 Å². The van der Waals surface area contributed by atoms with Crippen LogP contribution in [0.4, 0.5) is 10.1 Å². The van der Waals surface area contributed by atoms with Crippen LogP contribution in [0.3, 0.4) is 0 Å². The Morgan fingerprint density at radius 1 is 0.920 bits per heavy atom. The lowest BCUT2D eigenvalue weighted by atomic mass is 10.2. The SMILES string of the molecule is Cc1ccc2[nH]c(-c3ccc(NCc4ccc(F)cc4)cc3)nc2n1. The van der Waals surface area contributed by atoms with Crippen LogP contribution >= 0.6 is 0 Å². The standard InChI is InChI=1S/C20H17FN4/c1-13-2-11-18-20(23-13)25-19(24-18)15-5-9-17(10-6-15)22-12-14-3-7-16(21)8-4-14/h2-11,22H,12H2,1H3,(H,23,24,25). The smallest absolute Gasteiger partial charge is 0.178 e. The zero-order chi connectivity index (χ0) is 17.2. The van der Waals surface area contributed by atoms with E-state index in [1.165, 1.54) is 12.1 Å². The van der Waals surface area contributed by atoms with E-state index in [9.17, 15) is 4.39 Å². The second-order valence-corrected chi connectivity index (χ2v) is 5.97. The second kappa shape index (κ2) is 6.36. The number of anilines is 1. The summed E-state index contributed by atoms with van der Waals surface area (Å²) in [5, 5.41) is 3.33. The summed E-state index contributed by atoms with van der Waals surface area (Å²) in [6, 6.07) is 18.5. The lowest BCUT2D eigenvalue weighted by molar-refractivity contribution is 0.627. The Morgan fingerprint density at radius 2 is 1.68 bits per heavy atom. The first-order chi connectivity index (χ1) is 12.2. The van der Waals surface area contributed by atoms with Crippen molar-refractivity contribution in [1.82, 2.24) is 15.0 Å². The second-order valence-electron chi connectivity index (χ2n) is 5.97. The van der Waals surface area contributed by atoms with Crippen molar-refractivity contribution in [1.29, 1.82) is 0 Å². The molecule has 0 amide bonds. The number of rotatable bonds is 4. The largest absolute Gasteiger partial charge is 0.381 e. The molecule has 0 bridgehead atoms. The van der Waals surface area contributed by atoms with Gasteiger partial charge in [-0.05, 0) is 61.0 Å². The molecular weight excluding hydrogens is 315 g/mol. The van der Waals surface area contributed by atoms with Gasteiger partial charge in [-0.15, -0.1) is 0 Å². The van der Waals surface area contributed by atoms with Gasteiger partial charge in [-0.3, -0.25) is 0 Å². The predicted molar refractivity (Wildman–Crippen MR) is 97.8 cm³/mol. The molecule has 4 rings (SSSR count). The summed E-state index contributed by atoms with van der Waals surface area (Å²) in [6.45, 7) is 2.60. The van der Waals surface area contributed by atoms with E-state index >= 15 is 0 Å². The molecule has 0 saturated carbocycles. The van der Waals surface area contributed by atoms with Crippen LogP contribution in [0, 0.1) is 12.7 Å². The number of nitrogens with zero attached hydrogens (tertiary/aromatic N) is 2. The van der Waals surface area contributed by atoms with Crippen molar-refractivity contribution in [2.24, 2.45) is 0 Å². The average Bonchev–Trinajstić information content (AvgIpc) is 3.05. The quantitative estimate of drug-likeness (QED) is 0.570. The van der Waals surface area contributed by atoms with E-state index in [4.69, 9.17) is 0 Å². The van der Waals surface area contributed by atoms with Crippen molar-refractivity contribution >= 4 is 16.9 Å². The number of hydrogen-bond acceptors (Lipinski definition) is 3. The van der Waals surface area contributed by atoms with Crippen molar-refractivity contribution < 1.29 is 4.39 Å². The third kappa shape index (κ3) is 3.35. The summed E-state index contributed by atoms with van der Waals surface area (Å²) >= 11 is 0. The molecule has 0 saturated heterocycles. The average molecular weight is 332 g/mol. The summed E-state index contributed by atoms with van der Waals surface area (Å²) in [6.07, 6.45) is 0. The Bertz CT molecular complexity index is 1000. The lowest BCUT2D eigenvalue weighted by Gasteiger charge is -2.07. The zero-order valence-corrected chi connectivity index (χ0v) is 13.8. The number of pyridine rings is 1. The van der Waals surface area contributed by atoms with Crippen LogP contribution in [0.15, 0.2) is 60.7 Å². The van der Waals surface area contributed by atoms with Gasteiger partial charge in [0.15, 0.2) is 5.65 Å². The van der Waals surface area contributed by atoms with E-state index in [1.54, 1.807) is 12.1 Å². The topological polar surface area (TPSA) is 53.6 Å². The van der Waals surface area contributed by atoms with E-state index in [2.05, 4.69) is 20.3 Å². The summed E-state index contributed by atoms with van der Waals surface area (Å²) in [5.41, 5.74) is 5.64. The number of aromatic amines is 1. The minimum atomic E-state index is -0.219. The number of H-pyrrole nitrogens is 1. The first-order valence-electron chi connectivity index (χ1n) is 8.09. The van der Waals surface area contributed by atoms with Crippen molar-refractivity contribution in [2.75, 3.05) is 5.32 Å². The van der Waals surface area contributed by atoms with Gasteiger partial charge in [-0.1, -0.05) is 12.1 Å². The molecule has 4 nitrogen and oxygen atoms in total. The van der Waals surface area contributed by atoms with Gasteiger partial charge in [0.1, 0.15) is 11.6 Å². The molecule has 0 aliphatic rings. The van der Waals surface area contributed by atoms with Crippen LogP contribution in [-0.4, -0.2) is 15.0 Å². The highest BCUT2D eigenvalue weighted by molar-refractivity contribution is 5.76. The van der Waals surface area contributed by atoms with Crippen molar-refractivity contribution in [2.45, 2.75) is 13.5 Å². The summed E-state index contributed by atoms with van der Waals surface area (Å²) < 4.78 is 12.9. The number of fused-ring (bicyclic) bond motifs is 1. The Morgan fingerprint density at radius 3 is 2.44 bits per heavy atom. The van der Waals surface area contributed by atoms with Crippen LogP contribution in [0.2, 0.25) is 0 Å². The van der Waals surface area contributed by atoms with E-state index in [0.717, 1.165) is 39.5 Å². The molecule has 25 heavy (non-hydrogen) atoms. The number of aryl methyl sites for hydroxylation is 1. The summed E-state index contributed by atoms with van der Waals surface area (Å²) in [5.74, 6) is 0.585. The maximum Gasteiger partial charge on any atom is 0.178 e. The first-order valence-corrected chi connectivity index (χ1v) is 8.09. The summed E-state index contributed by atoms with van der Waals surface area (Å²) in [4.78, 5) is 12.3. The number of nitrogens with one attached hydrogen (secondary N) is 2. The van der Waals surface area contributed by atoms with Gasteiger partial charge in [0.25, 0.3) is 0 Å². The fourth-order valence-corrected chi connectivity index (χ4v) is 2.68. The van der Waals surface area contributed by atoms with Crippen LogP contribution in [0.5, 0.6) is 0 Å². The van der Waals surface area contributed by atoms with Crippen LogP contribution in [0.25, 0.3) is 22.6 Å². The molecule has 0 aliphatic heterocycles. The molecule has 5 heteroatoms. The van der Waals surface area contributed by atoms with Crippen molar-refractivity contribution in [3.8, 4) is 11.4 Å². The molecule has 2 heterocycles. The molecule has 0 aliphatic carbocycles. The number of hydrogen-bond donors (Lipinski definition) is 2. The monoisotopic (exact) mass is 332 g/mol. The predicted octanol–water partition coefficient (Wildman–Crippen LogP) is 4.68. The van der Waals surface area contributed by atoms with Gasteiger partial charge in [-0.25, -0.2) is 14.4 Å². The van der Waals surface area contributed by atoms with Gasteiger partial charge in [0, 0.05) is 23.5 Å². The highest BCUT2D eigenvalue weighted by atomic mass is 19.1. The minimum Gasteiger partial charge on any atom is -0.381 e. The molecule has 4 aromatic rings. The number of halogens is 1. The van der Waals surface area contributed by atoms with Gasteiger partial charge in [-0.2, -0.15) is 0 Å². The molecular formula is C20H17FN4. The molecule has 2 N–H and O–H groups in total. The fraction of sp³-hybridized carbons (Fsp3) is 0.100. The van der Waals surface area contributed by atoms with E-state index in [0.29, 0.717) is 6.54 Å². The Balaban J connectivity index is 1.49. The van der Waals surface area contributed by atoms with Gasteiger partial charge in [0.05, 0.1) is 5.52 Å². The molecule has 0 atom stereocenters. The third-order valence-corrected chi connectivity index (χ3v) is 4.05. The van der Waals surface area contributed by atoms with Crippen LogP contribution in [-0.2, 0) is 6.54 Å². The molecule has 0 radical (unpaired) electrons. The Kier molecular flexibility index (Phi) is 3.90. The molecule has 0 unspecified atom stereocenters. The number of aromatic nitrogens is 3. The normalized spacial score (nSPS) is 11.0. The zero-order valence-electron chi connectivity index (χ0n) is 13.8. The third-order valence-electron chi connectivity index (χ3n) is 4.05. The molecule has 2 aromatic carbocycles. The molecule has 0 fully saturated rings. The van der Waals surface area contributed by atoms with Gasteiger partial charge >= 0.3 is 0 Å². The molecule has 2 aromatic heterocycles. The van der Waals surface area contributed by atoms with E-state index in [-0.39, 0.29) is 5.82 Å². The van der Waals surface area contributed by atoms with Crippen LogP contribution in [0.1, 0.15) is 11.3 Å². The molecule has 0 spiro atoms. The van der Waals surface area contributed by atoms with E-state index in [1.807, 2.05) is 43.3 Å². The van der Waals surface area contributed by atoms with Crippen LogP contribution < -0.4 is 5.32 Å². The lowest BCUT2D eigenvalue weighted by Crippen LogP contribution is -1.99. The van der Waals surface area contributed by atoms with E-state index < -0.39 is 0 Å². The first kappa shape index (κ1) is 15.3. The maximum atomic E-state index is 12.9. The number of benzene rings is 2. The Hall–Kier alpha value is -3.21. The van der Waals surface area contributed by atoms with Crippen molar-refractivity contribution in [3.05, 3.63) is 77.7 Å². The number of imidazole rings is 1. The Labute approximate surface area is 144 Å². The summed E-state index contributed by atoms with van der Waals surface area (Å²) in [7, 11) is 0. The van der Waals surface area contributed by atoms with Gasteiger partial charge < -0.3 is 10.3 Å². The highest BCUT2D eigenvalue weighted by Crippen LogP contribution is 2.22.